The lowest BCUT2D eigenvalue weighted by atomic mass is 9.88. The van der Waals surface area contributed by atoms with E-state index < -0.39 is 0 Å². The largest absolute Gasteiger partial charge is 0.348 e. The quantitative estimate of drug-likeness (QED) is 0.869. The van der Waals surface area contributed by atoms with E-state index >= 15 is 0 Å². The molecule has 1 aliphatic heterocycles. The predicted octanol–water partition coefficient (Wildman–Crippen LogP) is 2.97. The Bertz CT molecular complexity index is 714. The zero-order valence-corrected chi connectivity index (χ0v) is 14.1. The van der Waals surface area contributed by atoms with Gasteiger partial charge in [0.05, 0.1) is 11.6 Å². The van der Waals surface area contributed by atoms with Crippen molar-refractivity contribution in [3.05, 3.63) is 24.2 Å². The van der Waals surface area contributed by atoms with E-state index in [0.717, 1.165) is 31.5 Å². The third kappa shape index (κ3) is 2.85. The van der Waals surface area contributed by atoms with Gasteiger partial charge in [0.25, 0.3) is 0 Å². The number of aryl methyl sites for hydroxylation is 1. The molecule has 0 N–H and O–H groups in total. The standard InChI is InChI=1S/C18H24N4O2/c1-21-10-5-8-15(21)16-19-17(24-20-16)14-9-11-22(12-14)18(23)13-6-3-2-4-7-13/h5,8,10,13-14H,2-4,6-7,9,11-12H2,1H3. The van der Waals surface area contributed by atoms with Crippen LogP contribution < -0.4 is 0 Å². The van der Waals surface area contributed by atoms with Gasteiger partial charge < -0.3 is 14.0 Å². The normalized spacial score (nSPS) is 22.2. The second-order valence-corrected chi connectivity index (χ2v) is 7.07. The van der Waals surface area contributed by atoms with Crippen molar-refractivity contribution in [1.29, 1.82) is 0 Å². The van der Waals surface area contributed by atoms with Gasteiger partial charge in [-0.2, -0.15) is 4.98 Å². The zero-order valence-electron chi connectivity index (χ0n) is 14.1. The Hall–Kier alpha value is -2.11. The highest BCUT2D eigenvalue weighted by Gasteiger charge is 2.34. The molecule has 1 amide bonds. The van der Waals surface area contributed by atoms with Crippen molar-refractivity contribution in [3.8, 4) is 11.5 Å². The van der Waals surface area contributed by atoms with Gasteiger partial charge in [0, 0.05) is 32.3 Å². The minimum absolute atomic E-state index is 0.166. The predicted molar refractivity (Wildman–Crippen MR) is 89.2 cm³/mol. The molecule has 1 saturated heterocycles. The molecule has 2 fully saturated rings. The van der Waals surface area contributed by atoms with Crippen molar-refractivity contribution in [2.24, 2.45) is 13.0 Å². The average Bonchev–Trinajstić information content (AvgIpc) is 3.34. The van der Waals surface area contributed by atoms with Gasteiger partial charge in [0.2, 0.25) is 17.6 Å². The first-order chi connectivity index (χ1) is 11.7. The van der Waals surface area contributed by atoms with Gasteiger partial charge in [0.15, 0.2) is 0 Å². The second kappa shape index (κ2) is 6.42. The summed E-state index contributed by atoms with van der Waals surface area (Å²) in [7, 11) is 1.96. The van der Waals surface area contributed by atoms with E-state index in [1.165, 1.54) is 19.3 Å². The Morgan fingerprint density at radius 2 is 2.08 bits per heavy atom. The Balaban J connectivity index is 1.42. The van der Waals surface area contributed by atoms with Crippen LogP contribution in [0.4, 0.5) is 0 Å². The average molecular weight is 328 g/mol. The summed E-state index contributed by atoms with van der Waals surface area (Å²) < 4.78 is 7.46. The first kappa shape index (κ1) is 15.4. The maximum atomic E-state index is 12.7. The summed E-state index contributed by atoms with van der Waals surface area (Å²) in [6.07, 6.45) is 8.64. The van der Waals surface area contributed by atoms with Gasteiger partial charge >= 0.3 is 0 Å². The molecule has 6 nitrogen and oxygen atoms in total. The van der Waals surface area contributed by atoms with E-state index in [4.69, 9.17) is 4.52 Å². The van der Waals surface area contributed by atoms with Crippen LogP contribution in [0, 0.1) is 5.92 Å². The lowest BCUT2D eigenvalue weighted by molar-refractivity contribution is -0.135. The molecule has 4 rings (SSSR count). The van der Waals surface area contributed by atoms with Crippen molar-refractivity contribution in [3.63, 3.8) is 0 Å². The van der Waals surface area contributed by atoms with Crippen molar-refractivity contribution in [2.75, 3.05) is 13.1 Å². The molecule has 3 heterocycles. The minimum atomic E-state index is 0.166. The minimum Gasteiger partial charge on any atom is -0.348 e. The molecule has 1 unspecified atom stereocenters. The van der Waals surface area contributed by atoms with Gasteiger partial charge in [0.1, 0.15) is 0 Å². The highest BCUT2D eigenvalue weighted by molar-refractivity contribution is 5.79. The van der Waals surface area contributed by atoms with E-state index in [0.29, 0.717) is 24.2 Å². The van der Waals surface area contributed by atoms with Gasteiger partial charge in [-0.05, 0) is 31.4 Å². The lowest BCUT2D eigenvalue weighted by Crippen LogP contribution is -2.35. The van der Waals surface area contributed by atoms with Gasteiger partial charge in [-0.15, -0.1) is 0 Å². The maximum absolute atomic E-state index is 12.7. The summed E-state index contributed by atoms with van der Waals surface area (Å²) >= 11 is 0. The number of rotatable bonds is 3. The molecule has 1 aliphatic carbocycles. The molecule has 1 saturated carbocycles. The van der Waals surface area contributed by atoms with Crippen LogP contribution in [0.1, 0.15) is 50.3 Å². The number of aromatic nitrogens is 3. The van der Waals surface area contributed by atoms with E-state index in [1.54, 1.807) is 0 Å². The molecule has 2 aromatic heterocycles. The molecule has 0 spiro atoms. The van der Waals surface area contributed by atoms with E-state index in [-0.39, 0.29) is 11.8 Å². The molecule has 0 radical (unpaired) electrons. The van der Waals surface area contributed by atoms with Crippen LogP contribution in [0.5, 0.6) is 0 Å². The van der Waals surface area contributed by atoms with Crippen LogP contribution in [0.15, 0.2) is 22.9 Å². The SMILES string of the molecule is Cn1cccc1-c1noc(C2CCN(C(=O)C3CCCCC3)C2)n1. The number of nitrogens with zero attached hydrogens (tertiary/aromatic N) is 4. The summed E-state index contributed by atoms with van der Waals surface area (Å²) in [4.78, 5) is 19.2. The molecular formula is C18H24N4O2. The van der Waals surface area contributed by atoms with Crippen LogP contribution in [0.25, 0.3) is 11.5 Å². The number of hydrogen-bond acceptors (Lipinski definition) is 4. The number of hydrogen-bond donors (Lipinski definition) is 0. The Morgan fingerprint density at radius 3 is 2.83 bits per heavy atom. The van der Waals surface area contributed by atoms with Crippen LogP contribution in [-0.2, 0) is 11.8 Å². The fourth-order valence-electron chi connectivity index (χ4n) is 3.97. The topological polar surface area (TPSA) is 64.2 Å². The van der Waals surface area contributed by atoms with Crippen molar-refractivity contribution < 1.29 is 9.32 Å². The molecule has 0 bridgehead atoms. The summed E-state index contributed by atoms with van der Waals surface area (Å²) in [5, 5.41) is 4.11. The number of carbonyl (C=O) groups excluding carboxylic acids is 1. The molecule has 1 atom stereocenters. The van der Waals surface area contributed by atoms with Gasteiger partial charge in [-0.25, -0.2) is 0 Å². The molecule has 6 heteroatoms. The lowest BCUT2D eigenvalue weighted by Gasteiger charge is -2.26. The molecular weight excluding hydrogens is 304 g/mol. The van der Waals surface area contributed by atoms with Crippen molar-refractivity contribution in [1.82, 2.24) is 19.6 Å². The molecule has 2 aliphatic rings. The first-order valence-electron chi connectivity index (χ1n) is 8.96. The first-order valence-corrected chi connectivity index (χ1v) is 8.96. The fourth-order valence-corrected chi connectivity index (χ4v) is 3.97. The number of amides is 1. The van der Waals surface area contributed by atoms with Crippen LogP contribution in [-0.4, -0.2) is 38.6 Å². The highest BCUT2D eigenvalue weighted by Crippen LogP contribution is 2.31. The Morgan fingerprint density at radius 1 is 1.25 bits per heavy atom. The van der Waals surface area contributed by atoms with Crippen molar-refractivity contribution >= 4 is 5.91 Å². The Labute approximate surface area is 141 Å². The molecule has 0 aromatic carbocycles. The van der Waals surface area contributed by atoms with Crippen LogP contribution >= 0.6 is 0 Å². The highest BCUT2D eigenvalue weighted by atomic mass is 16.5. The fraction of sp³-hybridized carbons (Fsp3) is 0.611. The number of carbonyl (C=O) groups is 1. The molecule has 2 aromatic rings. The van der Waals surface area contributed by atoms with E-state index in [2.05, 4.69) is 10.1 Å². The van der Waals surface area contributed by atoms with Crippen LogP contribution in [0.3, 0.4) is 0 Å². The van der Waals surface area contributed by atoms with E-state index in [9.17, 15) is 4.79 Å². The van der Waals surface area contributed by atoms with Crippen molar-refractivity contribution in [2.45, 2.75) is 44.4 Å². The third-order valence-electron chi connectivity index (χ3n) is 5.42. The molecule has 24 heavy (non-hydrogen) atoms. The zero-order chi connectivity index (χ0) is 16.5. The van der Waals surface area contributed by atoms with Crippen LogP contribution in [0.2, 0.25) is 0 Å². The summed E-state index contributed by atoms with van der Waals surface area (Å²) in [6, 6.07) is 3.94. The van der Waals surface area contributed by atoms with Gasteiger partial charge in [-0.3, -0.25) is 4.79 Å². The maximum Gasteiger partial charge on any atom is 0.231 e. The molecule has 128 valence electrons. The second-order valence-electron chi connectivity index (χ2n) is 7.07. The third-order valence-corrected chi connectivity index (χ3v) is 5.42. The summed E-state index contributed by atoms with van der Waals surface area (Å²) in [5.74, 6) is 2.01. The smallest absolute Gasteiger partial charge is 0.231 e. The summed E-state index contributed by atoms with van der Waals surface area (Å²) in [5.41, 5.74) is 0.943. The van der Waals surface area contributed by atoms with E-state index in [1.807, 2.05) is 34.8 Å². The summed E-state index contributed by atoms with van der Waals surface area (Å²) in [6.45, 7) is 1.52. The van der Waals surface area contributed by atoms with Gasteiger partial charge in [-0.1, -0.05) is 24.4 Å². The number of likely N-dealkylation sites (tertiary alicyclic amines) is 1. The monoisotopic (exact) mass is 328 g/mol. The Kier molecular flexibility index (Phi) is 4.12.